The van der Waals surface area contributed by atoms with Gasteiger partial charge in [-0.2, -0.15) is 11.8 Å². The molecule has 1 unspecified atom stereocenters. The van der Waals surface area contributed by atoms with Crippen LogP contribution in [-0.2, 0) is 4.79 Å². The molecule has 0 radical (unpaired) electrons. The van der Waals surface area contributed by atoms with Crippen molar-refractivity contribution in [2.45, 2.75) is 19.4 Å². The van der Waals surface area contributed by atoms with Gasteiger partial charge >= 0.3 is 12.0 Å². The molecule has 1 rings (SSSR count). The molecule has 0 aromatic carbocycles. The first kappa shape index (κ1) is 15.1. The molecule has 1 aliphatic heterocycles. The number of carbonyl (C=O) groups excluding carboxylic acids is 1. The Labute approximate surface area is 111 Å². The number of carboxylic acids is 1. The number of hydrogen-bond donors (Lipinski definition) is 2. The fraction of sp³-hybridized carbons (Fsp3) is 0.818. The standard InChI is InChI=1S/C11H20N2O4S/c1-2-3-12(4-6-14)11(17)13-5-7-18-8-9(13)10(15)16/h9,14H,2-8H2,1H3,(H,15,16). The average Bonchev–Trinajstić information content (AvgIpc) is 2.37. The first-order valence-corrected chi connectivity index (χ1v) is 7.24. The Kier molecular flexibility index (Phi) is 6.28. The van der Waals surface area contributed by atoms with Crippen LogP contribution >= 0.6 is 11.8 Å². The van der Waals surface area contributed by atoms with E-state index in [0.29, 0.717) is 18.8 Å². The van der Waals surface area contributed by atoms with Crippen LogP contribution in [0.2, 0.25) is 0 Å². The summed E-state index contributed by atoms with van der Waals surface area (Å²) in [4.78, 5) is 26.3. The van der Waals surface area contributed by atoms with Gasteiger partial charge in [-0.15, -0.1) is 0 Å². The van der Waals surface area contributed by atoms with Crippen molar-refractivity contribution in [1.82, 2.24) is 9.80 Å². The fourth-order valence-electron chi connectivity index (χ4n) is 1.91. The zero-order valence-corrected chi connectivity index (χ0v) is 11.4. The van der Waals surface area contributed by atoms with Gasteiger partial charge in [0.05, 0.1) is 6.61 Å². The summed E-state index contributed by atoms with van der Waals surface area (Å²) in [5.74, 6) is 0.227. The summed E-state index contributed by atoms with van der Waals surface area (Å²) in [5.41, 5.74) is 0. The molecule has 1 saturated heterocycles. The van der Waals surface area contributed by atoms with Crippen molar-refractivity contribution in [3.8, 4) is 0 Å². The van der Waals surface area contributed by atoms with E-state index >= 15 is 0 Å². The molecule has 0 saturated carbocycles. The summed E-state index contributed by atoms with van der Waals surface area (Å²) in [7, 11) is 0. The lowest BCUT2D eigenvalue weighted by Gasteiger charge is -2.36. The van der Waals surface area contributed by atoms with E-state index in [9.17, 15) is 9.59 Å². The number of amides is 2. The number of aliphatic carboxylic acids is 1. The minimum Gasteiger partial charge on any atom is -0.480 e. The lowest BCUT2D eigenvalue weighted by Crippen LogP contribution is -2.55. The maximum absolute atomic E-state index is 12.3. The van der Waals surface area contributed by atoms with Gasteiger partial charge in [0, 0.05) is 31.1 Å². The maximum Gasteiger partial charge on any atom is 0.327 e. The van der Waals surface area contributed by atoms with E-state index in [2.05, 4.69) is 0 Å². The van der Waals surface area contributed by atoms with Gasteiger partial charge in [0.25, 0.3) is 0 Å². The summed E-state index contributed by atoms with van der Waals surface area (Å²) < 4.78 is 0. The van der Waals surface area contributed by atoms with Crippen LogP contribution in [0.4, 0.5) is 4.79 Å². The third-order valence-electron chi connectivity index (χ3n) is 2.79. The second kappa shape index (κ2) is 7.48. The zero-order valence-electron chi connectivity index (χ0n) is 10.5. The van der Waals surface area contributed by atoms with Gasteiger partial charge in [-0.25, -0.2) is 9.59 Å². The highest BCUT2D eigenvalue weighted by Gasteiger charge is 2.34. The summed E-state index contributed by atoms with van der Waals surface area (Å²) in [6.07, 6.45) is 0.784. The van der Waals surface area contributed by atoms with Crippen molar-refractivity contribution in [3.05, 3.63) is 0 Å². The van der Waals surface area contributed by atoms with Crippen LogP contribution in [0.3, 0.4) is 0 Å². The highest BCUT2D eigenvalue weighted by molar-refractivity contribution is 7.99. The highest BCUT2D eigenvalue weighted by atomic mass is 32.2. The maximum atomic E-state index is 12.3. The molecule has 2 amide bonds. The van der Waals surface area contributed by atoms with Gasteiger partial charge < -0.3 is 20.0 Å². The van der Waals surface area contributed by atoms with Crippen molar-refractivity contribution in [2.24, 2.45) is 0 Å². The summed E-state index contributed by atoms with van der Waals surface area (Å²) in [6.45, 7) is 3.08. The van der Waals surface area contributed by atoms with Crippen LogP contribution in [0, 0.1) is 0 Å². The minimum absolute atomic E-state index is 0.105. The topological polar surface area (TPSA) is 81.1 Å². The van der Waals surface area contributed by atoms with E-state index in [-0.39, 0.29) is 19.2 Å². The summed E-state index contributed by atoms with van der Waals surface area (Å²) in [5, 5.41) is 18.1. The molecule has 18 heavy (non-hydrogen) atoms. The molecule has 7 heteroatoms. The van der Waals surface area contributed by atoms with Crippen LogP contribution in [0.25, 0.3) is 0 Å². The number of urea groups is 1. The summed E-state index contributed by atoms with van der Waals surface area (Å²) in [6, 6.07) is -1.03. The van der Waals surface area contributed by atoms with Gasteiger partial charge in [-0.1, -0.05) is 6.92 Å². The van der Waals surface area contributed by atoms with E-state index in [1.807, 2.05) is 6.92 Å². The molecule has 1 fully saturated rings. The van der Waals surface area contributed by atoms with E-state index in [1.165, 1.54) is 9.80 Å². The van der Waals surface area contributed by atoms with Gasteiger partial charge in [0.1, 0.15) is 6.04 Å². The Morgan fingerprint density at radius 3 is 2.72 bits per heavy atom. The van der Waals surface area contributed by atoms with Crippen LogP contribution in [0.15, 0.2) is 0 Å². The molecule has 0 aliphatic carbocycles. The molecule has 6 nitrogen and oxygen atoms in total. The second-order valence-corrected chi connectivity index (χ2v) is 5.27. The van der Waals surface area contributed by atoms with E-state index in [0.717, 1.165) is 12.2 Å². The van der Waals surface area contributed by atoms with E-state index < -0.39 is 12.0 Å². The van der Waals surface area contributed by atoms with Gasteiger partial charge in [-0.05, 0) is 6.42 Å². The second-order valence-electron chi connectivity index (χ2n) is 4.12. The van der Waals surface area contributed by atoms with Gasteiger partial charge in [-0.3, -0.25) is 0 Å². The Bertz CT molecular complexity index is 295. The molecule has 1 atom stereocenters. The number of rotatable bonds is 5. The van der Waals surface area contributed by atoms with Crippen LogP contribution < -0.4 is 0 Å². The van der Waals surface area contributed by atoms with Gasteiger partial charge in [0.15, 0.2) is 0 Å². The monoisotopic (exact) mass is 276 g/mol. The van der Waals surface area contributed by atoms with Crippen molar-refractivity contribution >= 4 is 23.8 Å². The van der Waals surface area contributed by atoms with Crippen molar-refractivity contribution in [3.63, 3.8) is 0 Å². The molecule has 0 aromatic heterocycles. The molecule has 104 valence electrons. The third kappa shape index (κ3) is 3.78. The normalized spacial score (nSPS) is 19.7. The fourth-order valence-corrected chi connectivity index (χ4v) is 2.95. The van der Waals surface area contributed by atoms with Crippen molar-refractivity contribution in [1.29, 1.82) is 0 Å². The van der Waals surface area contributed by atoms with E-state index in [1.54, 1.807) is 11.8 Å². The smallest absolute Gasteiger partial charge is 0.327 e. The molecular weight excluding hydrogens is 256 g/mol. The Hall–Kier alpha value is -0.950. The van der Waals surface area contributed by atoms with Gasteiger partial charge in [0.2, 0.25) is 0 Å². The van der Waals surface area contributed by atoms with Crippen LogP contribution in [-0.4, -0.2) is 75.8 Å². The number of hydrogen-bond acceptors (Lipinski definition) is 4. The van der Waals surface area contributed by atoms with Crippen LogP contribution in [0.1, 0.15) is 13.3 Å². The molecule has 0 aromatic rings. The predicted octanol–water partition coefficient (Wildman–Crippen LogP) is 0.313. The largest absolute Gasteiger partial charge is 0.480 e. The number of thioether (sulfide) groups is 1. The molecule has 0 bridgehead atoms. The van der Waals surface area contributed by atoms with Crippen molar-refractivity contribution in [2.75, 3.05) is 37.7 Å². The predicted molar refractivity (Wildman–Crippen MR) is 69.8 cm³/mol. The SMILES string of the molecule is CCCN(CCO)C(=O)N1CCSCC1C(=O)O. The zero-order chi connectivity index (χ0) is 13.5. The van der Waals surface area contributed by atoms with E-state index in [4.69, 9.17) is 10.2 Å². The Balaban J connectivity index is 2.73. The molecule has 1 aliphatic rings. The quantitative estimate of drug-likeness (QED) is 0.755. The van der Waals surface area contributed by atoms with Crippen LogP contribution in [0.5, 0.6) is 0 Å². The molecule has 2 N–H and O–H groups in total. The lowest BCUT2D eigenvalue weighted by atomic mass is 10.3. The molecule has 0 spiro atoms. The summed E-state index contributed by atoms with van der Waals surface area (Å²) >= 11 is 1.55. The third-order valence-corrected chi connectivity index (χ3v) is 3.82. The number of aliphatic hydroxyl groups is 1. The first-order chi connectivity index (χ1) is 8.61. The number of carboxylic acid groups (broad SMARTS) is 1. The minimum atomic E-state index is -0.962. The average molecular weight is 276 g/mol. The number of nitrogens with zero attached hydrogens (tertiary/aromatic N) is 2. The highest BCUT2D eigenvalue weighted by Crippen LogP contribution is 2.18. The number of carbonyl (C=O) groups is 2. The lowest BCUT2D eigenvalue weighted by molar-refractivity contribution is -0.141. The first-order valence-electron chi connectivity index (χ1n) is 6.08. The molecule has 1 heterocycles. The number of aliphatic hydroxyl groups excluding tert-OH is 1. The Morgan fingerprint density at radius 1 is 1.44 bits per heavy atom. The molecular formula is C11H20N2O4S. The van der Waals surface area contributed by atoms with Crippen molar-refractivity contribution < 1.29 is 19.8 Å². The Morgan fingerprint density at radius 2 is 2.17 bits per heavy atom.